The van der Waals surface area contributed by atoms with E-state index in [2.05, 4.69) is 51.0 Å². The van der Waals surface area contributed by atoms with Crippen molar-refractivity contribution < 1.29 is 4.43 Å². The first-order valence-corrected chi connectivity index (χ1v) is 14.2. The van der Waals surface area contributed by atoms with E-state index in [9.17, 15) is 0 Å². The van der Waals surface area contributed by atoms with Crippen LogP contribution in [0.25, 0.3) is 0 Å². The maximum Gasteiger partial charge on any atom is 0.245 e. The Labute approximate surface area is 133 Å². The lowest BCUT2D eigenvalue weighted by Crippen LogP contribution is -2.49. The fourth-order valence-electron chi connectivity index (χ4n) is 2.85. The first-order valence-electron chi connectivity index (χ1n) is 8.46. The molecule has 0 aliphatic carbocycles. The average molecular weight is 324 g/mol. The Morgan fingerprint density at radius 3 is 2.05 bits per heavy atom. The van der Waals surface area contributed by atoms with Crippen LogP contribution in [0.1, 0.15) is 27.2 Å². The molecule has 4 heteroatoms. The van der Waals surface area contributed by atoms with E-state index in [1.165, 1.54) is 30.6 Å². The SMILES string of the molecule is CC[Si](CC)(CC)NCCC[Si](C)(C)Oc1ccccc1. The maximum absolute atomic E-state index is 6.24. The highest BCUT2D eigenvalue weighted by molar-refractivity contribution is 6.77. The first kappa shape index (κ1) is 18.5. The smallest absolute Gasteiger partial charge is 0.245 e. The quantitative estimate of drug-likeness (QED) is 0.469. The van der Waals surface area contributed by atoms with Gasteiger partial charge in [-0.1, -0.05) is 39.0 Å². The molecule has 1 rings (SSSR count). The summed E-state index contributed by atoms with van der Waals surface area (Å²) in [6.45, 7) is 12.9. The zero-order valence-corrected chi connectivity index (χ0v) is 16.5. The molecule has 0 aromatic heterocycles. The van der Waals surface area contributed by atoms with Gasteiger partial charge in [0.1, 0.15) is 14.0 Å². The summed E-state index contributed by atoms with van der Waals surface area (Å²) in [5, 5.41) is 0. The largest absolute Gasteiger partial charge is 0.544 e. The van der Waals surface area contributed by atoms with Gasteiger partial charge in [-0.2, -0.15) is 0 Å². The minimum absolute atomic E-state index is 1.03. The summed E-state index contributed by atoms with van der Waals surface area (Å²) in [5.41, 5.74) is 0. The second kappa shape index (κ2) is 8.76. The van der Waals surface area contributed by atoms with Crippen LogP contribution in [0, 0.1) is 0 Å². The van der Waals surface area contributed by atoms with Gasteiger partial charge in [-0.25, -0.2) is 0 Å². The monoisotopic (exact) mass is 323 g/mol. The minimum atomic E-state index is -1.60. The molecule has 0 unspecified atom stereocenters. The fraction of sp³-hybridized carbons (Fsp3) is 0.647. The van der Waals surface area contributed by atoms with Gasteiger partial charge in [-0.15, -0.1) is 0 Å². The topological polar surface area (TPSA) is 21.3 Å². The Morgan fingerprint density at radius 2 is 1.52 bits per heavy atom. The lowest BCUT2D eigenvalue weighted by atomic mass is 10.3. The highest BCUT2D eigenvalue weighted by Crippen LogP contribution is 2.20. The van der Waals surface area contributed by atoms with Crippen LogP contribution in [0.2, 0.25) is 37.3 Å². The second-order valence-corrected chi connectivity index (χ2v) is 15.8. The predicted molar refractivity (Wildman–Crippen MR) is 99.2 cm³/mol. The number of hydrogen-bond acceptors (Lipinski definition) is 2. The van der Waals surface area contributed by atoms with E-state index in [0.717, 1.165) is 12.3 Å². The summed E-state index contributed by atoms with van der Waals surface area (Å²) in [6.07, 6.45) is 1.24. The zero-order valence-electron chi connectivity index (χ0n) is 14.5. The summed E-state index contributed by atoms with van der Waals surface area (Å²) in [5.74, 6) is 1.03. The van der Waals surface area contributed by atoms with E-state index < -0.39 is 16.6 Å². The molecule has 0 radical (unpaired) electrons. The van der Waals surface area contributed by atoms with Crippen molar-refractivity contribution in [2.24, 2.45) is 0 Å². The lowest BCUT2D eigenvalue weighted by molar-refractivity contribution is 0.542. The summed E-state index contributed by atoms with van der Waals surface area (Å²) < 4.78 is 6.24. The molecule has 1 N–H and O–H groups in total. The average Bonchev–Trinajstić information content (AvgIpc) is 2.49. The van der Waals surface area contributed by atoms with Crippen LogP contribution >= 0.6 is 0 Å². The molecule has 0 spiro atoms. The molecule has 0 saturated heterocycles. The number of nitrogens with one attached hydrogen (secondary N) is 1. The van der Waals surface area contributed by atoms with E-state index in [-0.39, 0.29) is 0 Å². The number of hydrogen-bond donors (Lipinski definition) is 1. The Kier molecular flexibility index (Phi) is 7.70. The molecule has 0 atom stereocenters. The third-order valence-corrected chi connectivity index (χ3v) is 12.0. The summed E-state index contributed by atoms with van der Waals surface area (Å²) >= 11 is 0. The van der Waals surface area contributed by atoms with Crippen molar-refractivity contribution in [1.82, 2.24) is 4.98 Å². The van der Waals surface area contributed by atoms with Gasteiger partial charge < -0.3 is 9.41 Å². The second-order valence-electron chi connectivity index (χ2n) is 6.55. The molecule has 0 fully saturated rings. The van der Waals surface area contributed by atoms with Gasteiger partial charge in [-0.3, -0.25) is 0 Å². The predicted octanol–water partition coefficient (Wildman–Crippen LogP) is 5.26. The third-order valence-electron chi connectivity index (χ3n) is 4.62. The molecule has 0 aliphatic heterocycles. The molecule has 0 aliphatic rings. The first-order chi connectivity index (χ1) is 9.97. The molecule has 0 heterocycles. The van der Waals surface area contributed by atoms with Crippen LogP contribution in [0.5, 0.6) is 5.75 Å². The Balaban J connectivity index is 2.37. The Hall–Kier alpha value is -0.586. The molecular weight excluding hydrogens is 290 g/mol. The van der Waals surface area contributed by atoms with Gasteiger partial charge in [0, 0.05) is 0 Å². The van der Waals surface area contributed by atoms with Gasteiger partial charge in [0.05, 0.1) is 0 Å². The molecule has 0 bridgehead atoms. The maximum atomic E-state index is 6.24. The third kappa shape index (κ3) is 6.36. The molecule has 1 aromatic rings. The highest BCUT2D eigenvalue weighted by Gasteiger charge is 2.27. The standard InChI is InChI=1S/C17H33NOSi2/c1-6-21(7-2,8-3)18-15-12-16-20(4,5)19-17-13-10-9-11-14-17/h9-11,13-14,18H,6-8,12,15-16H2,1-5H3. The molecular formula is C17H33NOSi2. The normalized spacial score (nSPS) is 12.4. The van der Waals surface area contributed by atoms with Crippen LogP contribution in [0.3, 0.4) is 0 Å². The van der Waals surface area contributed by atoms with Gasteiger partial charge in [0.25, 0.3) is 0 Å². The van der Waals surface area contributed by atoms with Crippen molar-refractivity contribution in [2.45, 2.75) is 64.5 Å². The van der Waals surface area contributed by atoms with Crippen molar-refractivity contribution in [3.05, 3.63) is 30.3 Å². The fourth-order valence-corrected chi connectivity index (χ4v) is 7.71. The molecule has 1 aromatic carbocycles. The van der Waals surface area contributed by atoms with Crippen LogP contribution in [-0.4, -0.2) is 23.1 Å². The molecule has 21 heavy (non-hydrogen) atoms. The van der Waals surface area contributed by atoms with E-state index >= 15 is 0 Å². The van der Waals surface area contributed by atoms with Crippen molar-refractivity contribution >= 4 is 16.6 Å². The van der Waals surface area contributed by atoms with Crippen LogP contribution in [-0.2, 0) is 0 Å². The minimum Gasteiger partial charge on any atom is -0.544 e. The van der Waals surface area contributed by atoms with Crippen molar-refractivity contribution in [3.63, 3.8) is 0 Å². The van der Waals surface area contributed by atoms with E-state index in [4.69, 9.17) is 4.43 Å². The van der Waals surface area contributed by atoms with Crippen molar-refractivity contribution in [1.29, 1.82) is 0 Å². The van der Waals surface area contributed by atoms with Crippen molar-refractivity contribution in [3.8, 4) is 5.75 Å². The Morgan fingerprint density at radius 1 is 0.952 bits per heavy atom. The van der Waals surface area contributed by atoms with Crippen LogP contribution in [0.4, 0.5) is 0 Å². The van der Waals surface area contributed by atoms with Gasteiger partial charge in [0.15, 0.2) is 0 Å². The van der Waals surface area contributed by atoms with E-state index in [1.807, 2.05) is 18.2 Å². The summed E-state index contributed by atoms with van der Waals surface area (Å²) in [4.78, 5) is 3.92. The number of benzene rings is 1. The molecule has 2 nitrogen and oxygen atoms in total. The summed E-state index contributed by atoms with van der Waals surface area (Å²) in [7, 11) is -2.76. The van der Waals surface area contributed by atoms with Gasteiger partial charge in [-0.05, 0) is 62.4 Å². The van der Waals surface area contributed by atoms with E-state index in [0.29, 0.717) is 0 Å². The molecule has 120 valence electrons. The zero-order chi connectivity index (χ0) is 15.8. The summed E-state index contributed by atoms with van der Waals surface area (Å²) in [6, 6.07) is 15.5. The van der Waals surface area contributed by atoms with E-state index in [1.54, 1.807) is 0 Å². The molecule has 0 saturated carbocycles. The van der Waals surface area contributed by atoms with Crippen molar-refractivity contribution in [2.75, 3.05) is 6.54 Å². The van der Waals surface area contributed by atoms with Crippen LogP contribution in [0.15, 0.2) is 30.3 Å². The van der Waals surface area contributed by atoms with Gasteiger partial charge >= 0.3 is 0 Å². The number of rotatable bonds is 10. The highest BCUT2D eigenvalue weighted by atomic mass is 28.4. The Bertz CT molecular complexity index is 383. The number of para-hydroxylation sites is 1. The van der Waals surface area contributed by atoms with Gasteiger partial charge in [0.2, 0.25) is 8.32 Å². The molecule has 0 amide bonds. The van der Waals surface area contributed by atoms with Crippen LogP contribution < -0.4 is 9.41 Å². The lowest BCUT2D eigenvalue weighted by Gasteiger charge is -2.30.